The van der Waals surface area contributed by atoms with Gasteiger partial charge >= 0.3 is 25.8 Å². The summed E-state index contributed by atoms with van der Waals surface area (Å²) >= 11 is 0. The standard InChI is InChI=1S/C33H29N2.3C2H6N.Hf/c1-23-21-24(2)32(25(3)22-23)35-33(29-18-11-10-17-28(29)26-13-6-4-7-14-26)31-20-12-19-30(34-31)27-15-8-5-9-16-27;3*1-3-2;/h4-22,33H,1-3H3;3*1-2H3;/q4*-1;+4. The fourth-order valence-corrected chi connectivity index (χ4v) is 4.79. The molecule has 0 radical (unpaired) electrons. The average molecular weight is 764 g/mol. The van der Waals surface area contributed by atoms with Gasteiger partial charge in [0.05, 0.1) is 5.69 Å². The first-order valence-corrected chi connectivity index (χ1v) is 14.7. The predicted molar refractivity (Wildman–Crippen MR) is 193 cm³/mol. The SMILES string of the molecule is C[N-]C.C[N-]C.C[N-]C.Cc1cc(C)c([N-]C(c2cccc(-c3ccccc3)n2)c2ccccc2-c2ccccc2)c(C)c1.[Hf+4]. The van der Waals surface area contributed by atoms with Crippen LogP contribution in [0.2, 0.25) is 0 Å². The zero-order valence-electron chi connectivity index (χ0n) is 28.3. The molecule has 1 atom stereocenters. The molecule has 1 heterocycles. The third-order valence-electron chi connectivity index (χ3n) is 6.35. The molecule has 0 N–H and O–H groups in total. The van der Waals surface area contributed by atoms with Crippen LogP contribution in [0.15, 0.2) is 115 Å². The maximum atomic E-state index is 5.40. The fourth-order valence-electron chi connectivity index (χ4n) is 4.79. The second-order valence-corrected chi connectivity index (χ2v) is 10.4. The van der Waals surface area contributed by atoms with Gasteiger partial charge in [-0.25, -0.2) is 0 Å². The van der Waals surface area contributed by atoms with Gasteiger partial charge in [0, 0.05) is 11.3 Å². The van der Waals surface area contributed by atoms with Crippen LogP contribution in [0.4, 0.5) is 5.69 Å². The molecule has 1 unspecified atom stereocenters. The van der Waals surface area contributed by atoms with E-state index in [9.17, 15) is 0 Å². The molecule has 0 aliphatic carbocycles. The van der Waals surface area contributed by atoms with Crippen LogP contribution in [0.3, 0.4) is 0 Å². The van der Waals surface area contributed by atoms with E-state index in [-0.39, 0.29) is 31.9 Å². The Morgan fingerprint density at radius 1 is 0.533 bits per heavy atom. The number of hydrogen-bond acceptors (Lipinski definition) is 1. The van der Waals surface area contributed by atoms with Crippen molar-refractivity contribution >= 4 is 5.69 Å². The Bertz CT molecular complexity index is 1480. The normalized spacial score (nSPS) is 10.3. The Morgan fingerprint density at radius 3 is 1.53 bits per heavy atom. The van der Waals surface area contributed by atoms with Crippen LogP contribution in [0.25, 0.3) is 43.7 Å². The van der Waals surface area contributed by atoms with Gasteiger partial charge in [0.25, 0.3) is 0 Å². The molecule has 45 heavy (non-hydrogen) atoms. The largest absolute Gasteiger partial charge is 4.00 e. The minimum atomic E-state index is -0.241. The predicted octanol–water partition coefficient (Wildman–Crippen LogP) is 11.0. The van der Waals surface area contributed by atoms with Crippen molar-refractivity contribution in [2.24, 2.45) is 0 Å². The second kappa shape index (κ2) is 22.1. The van der Waals surface area contributed by atoms with E-state index >= 15 is 0 Å². The molecule has 0 spiro atoms. The molecule has 232 valence electrons. The smallest absolute Gasteiger partial charge is 0.673 e. The monoisotopic (exact) mass is 765 g/mol. The number of aryl methyl sites for hydroxylation is 3. The zero-order chi connectivity index (χ0) is 32.3. The van der Waals surface area contributed by atoms with Crippen molar-refractivity contribution in [2.75, 3.05) is 42.3 Å². The van der Waals surface area contributed by atoms with E-state index in [1.54, 1.807) is 42.3 Å². The Labute approximate surface area is 291 Å². The van der Waals surface area contributed by atoms with Crippen LogP contribution in [-0.2, 0) is 25.8 Å². The van der Waals surface area contributed by atoms with Gasteiger partial charge in [-0.1, -0.05) is 120 Å². The Balaban J connectivity index is 0.000000910. The van der Waals surface area contributed by atoms with Gasteiger partial charge in [0.1, 0.15) is 0 Å². The molecule has 0 fully saturated rings. The second-order valence-electron chi connectivity index (χ2n) is 10.4. The van der Waals surface area contributed by atoms with Crippen LogP contribution in [0, 0.1) is 20.8 Å². The number of nitrogens with zero attached hydrogens (tertiary/aromatic N) is 5. The van der Waals surface area contributed by atoms with Crippen LogP contribution in [0.1, 0.15) is 34.0 Å². The summed E-state index contributed by atoms with van der Waals surface area (Å²) in [4.78, 5) is 5.13. The third kappa shape index (κ3) is 12.5. The molecule has 0 bridgehead atoms. The minimum absolute atomic E-state index is 0. The number of hydrogen-bond donors (Lipinski definition) is 0. The Kier molecular flexibility index (Phi) is 19.5. The molecule has 0 amide bonds. The molecule has 5 nitrogen and oxygen atoms in total. The average Bonchev–Trinajstić information content (AvgIpc) is 3.03. The number of pyridine rings is 1. The van der Waals surface area contributed by atoms with Gasteiger partial charge in [0.15, 0.2) is 0 Å². The molecule has 5 aromatic rings. The minimum Gasteiger partial charge on any atom is -0.673 e. The van der Waals surface area contributed by atoms with Crippen LogP contribution < -0.4 is 0 Å². The Morgan fingerprint density at radius 2 is 1.00 bits per heavy atom. The summed E-state index contributed by atoms with van der Waals surface area (Å²) in [6.45, 7) is 6.43. The molecule has 1 aromatic heterocycles. The number of benzene rings is 4. The molecule has 4 aromatic carbocycles. The quantitative estimate of drug-likeness (QED) is 0.159. The Hall–Kier alpha value is -3.42. The van der Waals surface area contributed by atoms with E-state index in [0.29, 0.717) is 0 Å². The van der Waals surface area contributed by atoms with Crippen molar-refractivity contribution in [3.05, 3.63) is 164 Å². The van der Waals surface area contributed by atoms with Crippen molar-refractivity contribution in [3.8, 4) is 22.4 Å². The van der Waals surface area contributed by atoms with E-state index in [1.807, 2.05) is 6.07 Å². The van der Waals surface area contributed by atoms with E-state index in [0.717, 1.165) is 28.2 Å². The van der Waals surface area contributed by atoms with Crippen LogP contribution >= 0.6 is 0 Å². The van der Waals surface area contributed by atoms with Crippen molar-refractivity contribution in [1.82, 2.24) is 4.98 Å². The van der Waals surface area contributed by atoms with Crippen LogP contribution in [0.5, 0.6) is 0 Å². The summed E-state index contributed by atoms with van der Waals surface area (Å²) in [5.74, 6) is 0. The summed E-state index contributed by atoms with van der Waals surface area (Å²) in [5, 5.41) is 15.9. The molecule has 0 saturated carbocycles. The van der Waals surface area contributed by atoms with Crippen molar-refractivity contribution in [2.45, 2.75) is 26.8 Å². The summed E-state index contributed by atoms with van der Waals surface area (Å²) in [5.41, 5.74) is 11.2. The molecular weight excluding hydrogens is 717 g/mol. The van der Waals surface area contributed by atoms with E-state index in [1.165, 1.54) is 27.8 Å². The van der Waals surface area contributed by atoms with Crippen LogP contribution in [-0.4, -0.2) is 47.3 Å². The van der Waals surface area contributed by atoms with E-state index < -0.39 is 0 Å². The van der Waals surface area contributed by atoms with Gasteiger partial charge in [0.2, 0.25) is 0 Å². The molecule has 0 aliphatic rings. The summed E-state index contributed by atoms with van der Waals surface area (Å²) in [7, 11) is 10.5. The first-order chi connectivity index (χ1) is 21.3. The van der Waals surface area contributed by atoms with Crippen molar-refractivity contribution in [1.29, 1.82) is 0 Å². The maximum Gasteiger partial charge on any atom is 4.00 e. The first kappa shape index (κ1) is 39.6. The van der Waals surface area contributed by atoms with E-state index in [2.05, 4.69) is 146 Å². The molecule has 6 heteroatoms. The molecule has 0 saturated heterocycles. The van der Waals surface area contributed by atoms with Crippen molar-refractivity contribution < 1.29 is 25.8 Å². The topological polar surface area (TPSA) is 69.3 Å². The first-order valence-electron chi connectivity index (χ1n) is 14.7. The van der Waals surface area contributed by atoms with Crippen molar-refractivity contribution in [3.63, 3.8) is 0 Å². The van der Waals surface area contributed by atoms with E-state index in [4.69, 9.17) is 10.3 Å². The number of rotatable bonds is 6. The third-order valence-corrected chi connectivity index (χ3v) is 6.35. The summed E-state index contributed by atoms with van der Waals surface area (Å²) in [6.07, 6.45) is 0. The van der Waals surface area contributed by atoms with Gasteiger partial charge in [-0.2, -0.15) is 42.3 Å². The van der Waals surface area contributed by atoms with Gasteiger partial charge in [-0.3, -0.25) is 4.98 Å². The zero-order valence-corrected chi connectivity index (χ0v) is 31.9. The fraction of sp³-hybridized carbons (Fsp3) is 0.256. The molecule has 5 rings (SSSR count). The summed E-state index contributed by atoms with van der Waals surface area (Å²) in [6, 6.07) is 39.9. The van der Waals surface area contributed by atoms with Gasteiger partial charge in [-0.15, -0.1) is 5.69 Å². The maximum absolute atomic E-state index is 5.40. The number of aromatic nitrogens is 1. The van der Waals surface area contributed by atoms with Gasteiger partial charge in [-0.05, 0) is 55.6 Å². The summed E-state index contributed by atoms with van der Waals surface area (Å²) < 4.78 is 0. The molecular formula is C39H47HfN5. The molecule has 0 aliphatic heterocycles. The van der Waals surface area contributed by atoms with Gasteiger partial charge < -0.3 is 21.3 Å².